The summed E-state index contributed by atoms with van der Waals surface area (Å²) in [5, 5.41) is 13.8. The predicted molar refractivity (Wildman–Crippen MR) is 110 cm³/mol. The fourth-order valence-electron chi connectivity index (χ4n) is 2.73. The Morgan fingerprint density at radius 2 is 1.80 bits per heavy atom. The van der Waals surface area contributed by atoms with Gasteiger partial charge in [-0.15, -0.1) is 12.6 Å². The molecule has 2 N–H and O–H groups in total. The summed E-state index contributed by atoms with van der Waals surface area (Å²) in [5.74, 6) is 0. The molecule has 0 aliphatic rings. The van der Waals surface area contributed by atoms with Crippen LogP contribution in [0.3, 0.4) is 0 Å². The third-order valence-electron chi connectivity index (χ3n) is 4.64. The fourth-order valence-corrected chi connectivity index (χ4v) is 2.87. The van der Waals surface area contributed by atoms with Crippen LogP contribution in [-0.2, 0) is 0 Å². The van der Waals surface area contributed by atoms with Gasteiger partial charge in [-0.1, -0.05) is 29.8 Å². The topological polar surface area (TPSA) is 35.5 Å². The Balaban J connectivity index is 1.77. The molecule has 25 heavy (non-hydrogen) atoms. The van der Waals surface area contributed by atoms with Crippen molar-refractivity contribution in [2.45, 2.75) is 44.2 Å². The third kappa shape index (κ3) is 6.07. The number of aliphatic hydroxyl groups is 1. The van der Waals surface area contributed by atoms with Crippen LogP contribution in [0.15, 0.2) is 47.4 Å². The lowest BCUT2D eigenvalue weighted by molar-refractivity contribution is 0.170. The molecule has 0 aliphatic carbocycles. The molecule has 136 valence electrons. The first-order valence-electron chi connectivity index (χ1n) is 8.85. The van der Waals surface area contributed by atoms with Crippen LogP contribution in [0.2, 0.25) is 0 Å². The van der Waals surface area contributed by atoms with Crippen molar-refractivity contribution < 1.29 is 5.11 Å². The van der Waals surface area contributed by atoms with Crippen molar-refractivity contribution in [3.63, 3.8) is 0 Å². The number of aliphatic hydroxyl groups excluding tert-OH is 1. The minimum absolute atomic E-state index is 0.341. The first-order chi connectivity index (χ1) is 11.9. The van der Waals surface area contributed by atoms with Crippen LogP contribution in [-0.4, -0.2) is 31.3 Å². The molecule has 2 rings (SSSR count). The van der Waals surface area contributed by atoms with Gasteiger partial charge < -0.3 is 15.3 Å². The van der Waals surface area contributed by atoms with Gasteiger partial charge in [0, 0.05) is 36.8 Å². The summed E-state index contributed by atoms with van der Waals surface area (Å²) in [6, 6.07) is 14.8. The average Bonchev–Trinajstić information content (AvgIpc) is 2.60. The van der Waals surface area contributed by atoms with Gasteiger partial charge in [0.15, 0.2) is 0 Å². The van der Waals surface area contributed by atoms with E-state index in [1.807, 2.05) is 25.1 Å². The van der Waals surface area contributed by atoms with Gasteiger partial charge in [-0.2, -0.15) is 0 Å². The Morgan fingerprint density at radius 3 is 2.44 bits per heavy atom. The Morgan fingerprint density at radius 1 is 1.12 bits per heavy atom. The molecule has 0 aliphatic heterocycles. The summed E-state index contributed by atoms with van der Waals surface area (Å²) in [6.07, 6.45) is 0.524. The number of rotatable bonds is 8. The summed E-state index contributed by atoms with van der Waals surface area (Å²) < 4.78 is 0. The Hall–Kier alpha value is -1.49. The van der Waals surface area contributed by atoms with Gasteiger partial charge in [-0.05, 0) is 56.5 Å². The highest BCUT2D eigenvalue weighted by Crippen LogP contribution is 2.19. The predicted octanol–water partition coefficient (Wildman–Crippen LogP) is 4.13. The molecule has 2 aromatic rings. The Kier molecular flexibility index (Phi) is 7.36. The standard InChI is InChI=1S/C21H30N2OS/c1-15-5-8-19(9-6-15)23(4)12-11-17(3)22-14-20(24)18-7-10-21(25)16(2)13-18/h5-10,13,17,20,22,24-25H,11-12,14H2,1-4H3. The van der Waals surface area contributed by atoms with Crippen LogP contribution < -0.4 is 10.2 Å². The zero-order chi connectivity index (χ0) is 18.4. The van der Waals surface area contributed by atoms with E-state index >= 15 is 0 Å². The molecule has 2 atom stereocenters. The summed E-state index contributed by atoms with van der Waals surface area (Å²) in [6.45, 7) is 7.81. The van der Waals surface area contributed by atoms with Crippen molar-refractivity contribution in [3.05, 3.63) is 59.2 Å². The molecule has 0 aromatic heterocycles. The second kappa shape index (κ2) is 9.27. The lowest BCUT2D eigenvalue weighted by Gasteiger charge is -2.23. The largest absolute Gasteiger partial charge is 0.387 e. The van der Waals surface area contributed by atoms with Crippen LogP contribution in [0.25, 0.3) is 0 Å². The molecule has 4 heteroatoms. The zero-order valence-electron chi connectivity index (χ0n) is 15.7. The normalized spacial score (nSPS) is 13.5. The molecule has 0 spiro atoms. The van der Waals surface area contributed by atoms with Gasteiger partial charge in [0.2, 0.25) is 0 Å². The van der Waals surface area contributed by atoms with E-state index in [0.717, 1.165) is 29.0 Å². The molecular weight excluding hydrogens is 328 g/mol. The van der Waals surface area contributed by atoms with E-state index in [4.69, 9.17) is 0 Å². The highest BCUT2D eigenvalue weighted by molar-refractivity contribution is 7.80. The smallest absolute Gasteiger partial charge is 0.0914 e. The van der Waals surface area contributed by atoms with Crippen molar-refractivity contribution in [2.75, 3.05) is 25.0 Å². The molecule has 2 unspecified atom stereocenters. The molecule has 0 fully saturated rings. The van der Waals surface area contributed by atoms with E-state index < -0.39 is 6.10 Å². The van der Waals surface area contributed by atoms with Crippen molar-refractivity contribution in [1.29, 1.82) is 0 Å². The summed E-state index contributed by atoms with van der Waals surface area (Å²) in [5.41, 5.74) is 4.54. The van der Waals surface area contributed by atoms with Gasteiger partial charge in [0.05, 0.1) is 6.10 Å². The van der Waals surface area contributed by atoms with E-state index in [2.05, 4.69) is 68.0 Å². The van der Waals surface area contributed by atoms with E-state index in [-0.39, 0.29) is 0 Å². The van der Waals surface area contributed by atoms with Crippen molar-refractivity contribution >= 4 is 18.3 Å². The van der Waals surface area contributed by atoms with Crippen LogP contribution in [0.5, 0.6) is 0 Å². The van der Waals surface area contributed by atoms with Gasteiger partial charge in [0.25, 0.3) is 0 Å². The molecule has 0 saturated heterocycles. The third-order valence-corrected chi connectivity index (χ3v) is 5.14. The number of hydrogen-bond acceptors (Lipinski definition) is 4. The van der Waals surface area contributed by atoms with Gasteiger partial charge in [-0.25, -0.2) is 0 Å². The highest BCUT2D eigenvalue weighted by Gasteiger charge is 2.11. The van der Waals surface area contributed by atoms with E-state index in [0.29, 0.717) is 12.6 Å². The summed E-state index contributed by atoms with van der Waals surface area (Å²) in [4.78, 5) is 3.22. The van der Waals surface area contributed by atoms with Crippen LogP contribution in [0.1, 0.15) is 36.1 Å². The molecule has 2 aromatic carbocycles. The molecule has 0 radical (unpaired) electrons. The van der Waals surface area contributed by atoms with E-state index in [9.17, 15) is 5.11 Å². The van der Waals surface area contributed by atoms with Gasteiger partial charge in [-0.3, -0.25) is 0 Å². The van der Waals surface area contributed by atoms with Crippen LogP contribution in [0.4, 0.5) is 5.69 Å². The minimum Gasteiger partial charge on any atom is -0.387 e. The van der Waals surface area contributed by atoms with Crippen LogP contribution >= 0.6 is 12.6 Å². The van der Waals surface area contributed by atoms with Crippen molar-refractivity contribution in [2.24, 2.45) is 0 Å². The lowest BCUT2D eigenvalue weighted by Crippen LogP contribution is -2.33. The number of nitrogens with one attached hydrogen (secondary N) is 1. The van der Waals surface area contributed by atoms with Gasteiger partial charge in [0.1, 0.15) is 0 Å². The maximum Gasteiger partial charge on any atom is 0.0914 e. The Bertz CT molecular complexity index is 672. The maximum absolute atomic E-state index is 10.4. The summed E-state index contributed by atoms with van der Waals surface area (Å²) >= 11 is 4.38. The molecule has 0 bridgehead atoms. The van der Waals surface area contributed by atoms with E-state index in [1.165, 1.54) is 11.3 Å². The number of benzene rings is 2. The zero-order valence-corrected chi connectivity index (χ0v) is 16.6. The van der Waals surface area contributed by atoms with Gasteiger partial charge >= 0.3 is 0 Å². The number of hydrogen-bond donors (Lipinski definition) is 3. The number of nitrogens with zero attached hydrogens (tertiary/aromatic N) is 1. The fraction of sp³-hybridized carbons (Fsp3) is 0.429. The number of thiol groups is 1. The van der Waals surface area contributed by atoms with E-state index in [1.54, 1.807) is 0 Å². The molecule has 0 saturated carbocycles. The lowest BCUT2D eigenvalue weighted by atomic mass is 10.1. The summed E-state index contributed by atoms with van der Waals surface area (Å²) in [7, 11) is 2.12. The average molecular weight is 359 g/mol. The van der Waals surface area contributed by atoms with Crippen molar-refractivity contribution in [1.82, 2.24) is 5.32 Å². The number of anilines is 1. The first kappa shape index (κ1) is 19.8. The second-order valence-electron chi connectivity index (χ2n) is 6.92. The molecule has 0 amide bonds. The monoisotopic (exact) mass is 358 g/mol. The number of aryl methyl sites for hydroxylation is 2. The van der Waals surface area contributed by atoms with Crippen molar-refractivity contribution in [3.8, 4) is 0 Å². The minimum atomic E-state index is -0.495. The Labute approximate surface area is 157 Å². The second-order valence-corrected chi connectivity index (χ2v) is 7.40. The maximum atomic E-state index is 10.4. The first-order valence-corrected chi connectivity index (χ1v) is 9.30. The quantitative estimate of drug-likeness (QED) is 0.621. The van der Waals surface area contributed by atoms with Crippen LogP contribution in [0, 0.1) is 13.8 Å². The molecular formula is C21H30N2OS. The molecule has 3 nitrogen and oxygen atoms in total. The molecule has 0 heterocycles. The highest BCUT2D eigenvalue weighted by atomic mass is 32.1. The SMILES string of the molecule is Cc1ccc(N(C)CCC(C)NCC(O)c2ccc(S)c(C)c2)cc1.